The lowest BCUT2D eigenvalue weighted by Gasteiger charge is -2.35. The van der Waals surface area contributed by atoms with Gasteiger partial charge in [-0.05, 0) is 71.0 Å². The summed E-state index contributed by atoms with van der Waals surface area (Å²) in [5.74, 6) is 0.784. The summed E-state index contributed by atoms with van der Waals surface area (Å²) in [5.41, 5.74) is 7.48. The van der Waals surface area contributed by atoms with E-state index in [2.05, 4.69) is 38.9 Å². The van der Waals surface area contributed by atoms with Crippen LogP contribution in [-0.2, 0) is 4.79 Å². The second kappa shape index (κ2) is 11.4. The Balaban J connectivity index is 1.49. The number of piperidine rings is 1. The Morgan fingerprint density at radius 3 is 2.45 bits per heavy atom. The van der Waals surface area contributed by atoms with Gasteiger partial charge in [0.1, 0.15) is 5.52 Å². The molecule has 2 fully saturated rings. The van der Waals surface area contributed by atoms with Crippen LogP contribution in [0.5, 0.6) is 0 Å². The zero-order valence-electron chi connectivity index (χ0n) is 21.6. The smallest absolute Gasteiger partial charge is 0.225 e. The molecule has 1 saturated carbocycles. The van der Waals surface area contributed by atoms with E-state index in [0.29, 0.717) is 62.7 Å². The molecule has 0 spiro atoms. The average molecular weight is 580 g/mol. The van der Waals surface area contributed by atoms with Gasteiger partial charge in [0.15, 0.2) is 5.65 Å². The number of carbonyl (C=O) groups is 1. The third-order valence-electron chi connectivity index (χ3n) is 7.66. The van der Waals surface area contributed by atoms with Crippen LogP contribution < -0.4 is 16.4 Å². The number of nitrogens with two attached hydrogens (primary N) is 1. The number of fused-ring (bicyclic) bond motifs is 1. The van der Waals surface area contributed by atoms with Crippen molar-refractivity contribution in [2.75, 3.05) is 23.7 Å². The highest BCUT2D eigenvalue weighted by atomic mass is 35.5. The number of anilines is 3. The van der Waals surface area contributed by atoms with Gasteiger partial charge in [-0.2, -0.15) is 4.98 Å². The maximum atomic E-state index is 11.8. The highest BCUT2D eigenvalue weighted by Crippen LogP contribution is 2.40. The van der Waals surface area contributed by atoms with Gasteiger partial charge in [0, 0.05) is 35.6 Å². The molecule has 4 N–H and O–H groups in total. The normalized spacial score (nSPS) is 22.6. The number of nitrogens with one attached hydrogen (secondary N) is 2. The summed E-state index contributed by atoms with van der Waals surface area (Å²) < 4.78 is 2.09. The van der Waals surface area contributed by atoms with Gasteiger partial charge in [-0.25, -0.2) is 9.97 Å². The van der Waals surface area contributed by atoms with Crippen molar-refractivity contribution in [3.05, 3.63) is 33.4 Å². The molecule has 1 atom stereocenters. The van der Waals surface area contributed by atoms with Crippen molar-refractivity contribution in [2.24, 2.45) is 11.7 Å². The van der Waals surface area contributed by atoms with E-state index in [1.807, 2.05) is 0 Å². The maximum Gasteiger partial charge on any atom is 0.225 e. The maximum absolute atomic E-state index is 11.8. The molecule has 3 heterocycles. The van der Waals surface area contributed by atoms with Gasteiger partial charge in [0.05, 0.1) is 21.9 Å². The second-order valence-corrected chi connectivity index (χ2v) is 11.8. The third-order valence-corrected chi connectivity index (χ3v) is 8.47. The average Bonchev–Trinajstić information content (AvgIpc) is 3.23. The predicted octanol–water partition coefficient (Wildman–Crippen LogP) is 6.03. The zero-order chi connectivity index (χ0) is 27.0. The number of benzene rings is 1. The fourth-order valence-electron chi connectivity index (χ4n) is 5.56. The van der Waals surface area contributed by atoms with Gasteiger partial charge in [-0.15, -0.1) is 0 Å². The van der Waals surface area contributed by atoms with Crippen LogP contribution in [0.25, 0.3) is 11.2 Å². The summed E-state index contributed by atoms with van der Waals surface area (Å²) in [5, 5.41) is 8.09. The number of rotatable bonds is 7. The van der Waals surface area contributed by atoms with Crippen molar-refractivity contribution >= 4 is 69.5 Å². The summed E-state index contributed by atoms with van der Waals surface area (Å²) >= 11 is 19.1. The fraction of sp³-hybridized carbons (Fsp3) is 0.538. The van der Waals surface area contributed by atoms with E-state index < -0.39 is 0 Å². The van der Waals surface area contributed by atoms with E-state index in [0.717, 1.165) is 38.8 Å². The van der Waals surface area contributed by atoms with E-state index in [1.54, 1.807) is 18.3 Å². The number of hydrogen-bond donors (Lipinski definition) is 3. The van der Waals surface area contributed by atoms with Crippen molar-refractivity contribution in [3.8, 4) is 0 Å². The first-order valence-corrected chi connectivity index (χ1v) is 14.3. The second-order valence-electron chi connectivity index (χ2n) is 10.6. The van der Waals surface area contributed by atoms with Gasteiger partial charge >= 0.3 is 0 Å². The minimum Gasteiger partial charge on any atom is -0.369 e. The van der Waals surface area contributed by atoms with Gasteiger partial charge in [-0.3, -0.25) is 14.3 Å². The minimum atomic E-state index is -0.242. The molecule has 204 valence electrons. The van der Waals surface area contributed by atoms with Crippen LogP contribution in [0.15, 0.2) is 18.3 Å². The van der Waals surface area contributed by atoms with E-state index in [1.165, 1.54) is 0 Å². The van der Waals surface area contributed by atoms with E-state index in [-0.39, 0.29) is 23.9 Å². The fourth-order valence-corrected chi connectivity index (χ4v) is 6.47. The first-order valence-electron chi connectivity index (χ1n) is 13.2. The lowest BCUT2D eigenvalue weighted by molar-refractivity contribution is -0.122. The number of halogens is 3. The third kappa shape index (κ3) is 5.81. The molecule has 1 aromatic carbocycles. The Hall–Kier alpha value is -2.33. The minimum absolute atomic E-state index is 0.0665. The summed E-state index contributed by atoms with van der Waals surface area (Å²) in [6.07, 6.45) is 6.92. The zero-order valence-corrected chi connectivity index (χ0v) is 23.8. The molecule has 5 rings (SSSR count). The number of amides is 1. The summed E-state index contributed by atoms with van der Waals surface area (Å²) in [6.45, 7) is 6.52. The first-order chi connectivity index (χ1) is 18.2. The van der Waals surface area contributed by atoms with Crippen molar-refractivity contribution in [1.82, 2.24) is 24.4 Å². The van der Waals surface area contributed by atoms with Gasteiger partial charge < -0.3 is 16.4 Å². The molecule has 1 aliphatic heterocycles. The molecule has 0 unspecified atom stereocenters. The molecular weight excluding hydrogens is 547 g/mol. The summed E-state index contributed by atoms with van der Waals surface area (Å²) in [4.78, 5) is 28.6. The number of aromatic nitrogens is 4. The Morgan fingerprint density at radius 2 is 1.79 bits per heavy atom. The molecule has 0 bridgehead atoms. The molecule has 38 heavy (non-hydrogen) atoms. The monoisotopic (exact) mass is 578 g/mol. The topological polar surface area (TPSA) is 114 Å². The number of hydrogen-bond acceptors (Lipinski definition) is 7. The predicted molar refractivity (Wildman–Crippen MR) is 154 cm³/mol. The Kier molecular flexibility index (Phi) is 8.19. The van der Waals surface area contributed by atoms with Crippen LogP contribution in [0.1, 0.15) is 58.4 Å². The van der Waals surface area contributed by atoms with Crippen molar-refractivity contribution in [1.29, 1.82) is 0 Å². The molecular formula is C26H33Cl3N8O. The summed E-state index contributed by atoms with van der Waals surface area (Å²) in [7, 11) is 0. The van der Waals surface area contributed by atoms with Crippen molar-refractivity contribution in [3.63, 3.8) is 0 Å². The van der Waals surface area contributed by atoms with E-state index in [4.69, 9.17) is 50.5 Å². The lowest BCUT2D eigenvalue weighted by Crippen LogP contribution is -2.45. The number of likely N-dealkylation sites (tertiary alicyclic amines) is 1. The molecule has 1 saturated heterocycles. The van der Waals surface area contributed by atoms with Crippen LogP contribution in [0, 0.1) is 5.92 Å². The largest absolute Gasteiger partial charge is 0.369 e. The van der Waals surface area contributed by atoms with E-state index in [9.17, 15) is 4.79 Å². The van der Waals surface area contributed by atoms with Crippen LogP contribution >= 0.6 is 34.8 Å². The van der Waals surface area contributed by atoms with Gasteiger partial charge in [0.2, 0.25) is 17.8 Å². The van der Waals surface area contributed by atoms with Crippen molar-refractivity contribution in [2.45, 2.75) is 70.5 Å². The Morgan fingerprint density at radius 1 is 1.08 bits per heavy atom. The summed E-state index contributed by atoms with van der Waals surface area (Å²) in [6, 6.07) is 4.11. The van der Waals surface area contributed by atoms with Gasteiger partial charge in [-0.1, -0.05) is 34.8 Å². The van der Waals surface area contributed by atoms with Crippen molar-refractivity contribution < 1.29 is 4.79 Å². The lowest BCUT2D eigenvalue weighted by atomic mass is 9.85. The standard InChI is InChI=1S/C26H33Cl3N8O/c1-14(2)36-9-3-4-17(13-36)32-25-31-12-21-24(35-25)37(18-7-5-15(6-8-18)23(30)38)26(33-21)34-22-19(28)10-16(27)11-20(22)29/h10-12,14-15,17-18H,3-9,13H2,1-2H3,(H2,30,38)(H,33,34)(H,31,32,35)/t15-,17-,18+/m1/s1. The highest BCUT2D eigenvalue weighted by molar-refractivity contribution is 6.41. The van der Waals surface area contributed by atoms with Gasteiger partial charge in [0.25, 0.3) is 0 Å². The molecule has 2 aliphatic rings. The highest BCUT2D eigenvalue weighted by Gasteiger charge is 2.30. The quantitative estimate of drug-likeness (QED) is 0.313. The number of primary amides is 1. The molecule has 1 amide bonds. The molecule has 3 aromatic rings. The van der Waals surface area contributed by atoms with Crippen LogP contribution in [-0.4, -0.2) is 55.5 Å². The molecule has 12 heteroatoms. The Bertz CT molecular complexity index is 1300. The number of imidazole rings is 1. The molecule has 9 nitrogen and oxygen atoms in total. The molecule has 1 aliphatic carbocycles. The number of nitrogens with zero attached hydrogens (tertiary/aromatic N) is 5. The van der Waals surface area contributed by atoms with Crippen LogP contribution in [0.3, 0.4) is 0 Å². The van der Waals surface area contributed by atoms with Crippen LogP contribution in [0.4, 0.5) is 17.6 Å². The van der Waals surface area contributed by atoms with Crippen LogP contribution in [0.2, 0.25) is 15.1 Å². The Labute approximate surface area is 237 Å². The molecule has 0 radical (unpaired) electrons. The SMILES string of the molecule is CC(C)N1CCC[C@@H](Nc2ncc3nc(Nc4c(Cl)cc(Cl)cc4Cl)n([C@H]4CC[C@@H](C(N)=O)CC4)c3n2)C1. The van der Waals surface area contributed by atoms with E-state index >= 15 is 0 Å². The number of carbonyl (C=O) groups excluding carboxylic acids is 1. The first kappa shape index (κ1) is 27.2. The molecule has 2 aromatic heterocycles.